The minimum absolute atomic E-state index is 0.0849. The molecule has 2 aromatic rings. The molecule has 1 aromatic heterocycles. The number of aromatic carboxylic acids is 1. The maximum absolute atomic E-state index is 11.2. The van der Waals surface area contributed by atoms with E-state index >= 15 is 0 Å². The van der Waals surface area contributed by atoms with Gasteiger partial charge in [0.05, 0.1) is 23.7 Å². The summed E-state index contributed by atoms with van der Waals surface area (Å²) in [7, 11) is 0. The van der Waals surface area contributed by atoms with Gasteiger partial charge in [0.1, 0.15) is 0 Å². The Hall–Kier alpha value is -1.88. The molecule has 1 unspecified atom stereocenters. The highest BCUT2D eigenvalue weighted by Crippen LogP contribution is 2.20. The molecule has 0 spiro atoms. The lowest BCUT2D eigenvalue weighted by Crippen LogP contribution is -2.32. The van der Waals surface area contributed by atoms with E-state index in [1.807, 2.05) is 24.3 Å². The number of carboxylic acid groups (broad SMARTS) is 1. The van der Waals surface area contributed by atoms with Crippen molar-refractivity contribution in [2.75, 3.05) is 6.61 Å². The van der Waals surface area contributed by atoms with E-state index in [9.17, 15) is 4.79 Å². The molecule has 2 heterocycles. The molecule has 1 aliphatic rings. The molecule has 0 aliphatic carbocycles. The molecule has 1 aliphatic heterocycles. The van der Waals surface area contributed by atoms with Crippen molar-refractivity contribution in [3.8, 4) is 0 Å². The highest BCUT2D eigenvalue weighted by Gasteiger charge is 2.23. The van der Waals surface area contributed by atoms with Crippen LogP contribution in [0, 0.1) is 0 Å². The van der Waals surface area contributed by atoms with Crippen LogP contribution in [0.15, 0.2) is 24.3 Å². The summed E-state index contributed by atoms with van der Waals surface area (Å²) in [5, 5.41) is 9.15. The summed E-state index contributed by atoms with van der Waals surface area (Å²) < 4.78 is 7.07. The number of rotatable bonds is 3. The van der Waals surface area contributed by atoms with Crippen LogP contribution >= 0.6 is 0 Å². The number of benzene rings is 1. The predicted molar refractivity (Wildman–Crippen MR) is 61.0 cm³/mol. The number of para-hydroxylation sites is 2. The zero-order valence-electron chi connectivity index (χ0n) is 9.17. The minimum Gasteiger partial charge on any atom is -0.475 e. The zero-order chi connectivity index (χ0) is 11.8. The largest absolute Gasteiger partial charge is 0.475 e. The van der Waals surface area contributed by atoms with Crippen molar-refractivity contribution < 1.29 is 14.6 Å². The summed E-state index contributed by atoms with van der Waals surface area (Å²) in [5.41, 5.74) is 1.56. The average molecular weight is 232 g/mol. The molecule has 5 nitrogen and oxygen atoms in total. The van der Waals surface area contributed by atoms with Gasteiger partial charge in [-0.1, -0.05) is 12.1 Å². The van der Waals surface area contributed by atoms with Crippen LogP contribution < -0.4 is 0 Å². The number of aromatic nitrogens is 2. The molecular weight excluding hydrogens is 220 g/mol. The fourth-order valence-electron chi connectivity index (χ4n) is 2.06. The Morgan fingerprint density at radius 2 is 2.29 bits per heavy atom. The van der Waals surface area contributed by atoms with Gasteiger partial charge < -0.3 is 14.4 Å². The Balaban J connectivity index is 2.10. The van der Waals surface area contributed by atoms with Gasteiger partial charge in [-0.15, -0.1) is 0 Å². The third kappa shape index (κ3) is 1.68. The number of hydrogen-bond donors (Lipinski definition) is 1. The Labute approximate surface area is 97.6 Å². The summed E-state index contributed by atoms with van der Waals surface area (Å²) in [6.07, 6.45) is 1.09. The van der Waals surface area contributed by atoms with Crippen molar-refractivity contribution in [2.45, 2.75) is 19.1 Å². The molecule has 1 aromatic carbocycles. The lowest BCUT2D eigenvalue weighted by Gasteiger charge is -2.27. The quantitative estimate of drug-likeness (QED) is 0.871. The van der Waals surface area contributed by atoms with Crippen LogP contribution in [0.5, 0.6) is 0 Å². The maximum Gasteiger partial charge on any atom is 0.372 e. The van der Waals surface area contributed by atoms with Crippen LogP contribution in [0.4, 0.5) is 0 Å². The molecule has 0 radical (unpaired) electrons. The summed E-state index contributed by atoms with van der Waals surface area (Å²) in [4.78, 5) is 15.3. The summed E-state index contributed by atoms with van der Waals surface area (Å²) in [6.45, 7) is 1.32. The van der Waals surface area contributed by atoms with Gasteiger partial charge in [-0.25, -0.2) is 9.78 Å². The second kappa shape index (κ2) is 3.85. The normalized spacial score (nSPS) is 19.2. The van der Waals surface area contributed by atoms with Gasteiger partial charge in [0.25, 0.3) is 0 Å². The van der Waals surface area contributed by atoms with Gasteiger partial charge in [0.15, 0.2) is 0 Å². The zero-order valence-corrected chi connectivity index (χ0v) is 9.17. The van der Waals surface area contributed by atoms with Crippen molar-refractivity contribution in [2.24, 2.45) is 0 Å². The van der Waals surface area contributed by atoms with Crippen molar-refractivity contribution in [1.82, 2.24) is 9.55 Å². The second-order valence-electron chi connectivity index (χ2n) is 4.12. The Morgan fingerprint density at radius 3 is 2.94 bits per heavy atom. The topological polar surface area (TPSA) is 64.3 Å². The number of ether oxygens (including phenoxy) is 1. The van der Waals surface area contributed by atoms with E-state index in [0.717, 1.165) is 18.5 Å². The first-order valence-corrected chi connectivity index (χ1v) is 5.56. The van der Waals surface area contributed by atoms with E-state index in [-0.39, 0.29) is 11.9 Å². The van der Waals surface area contributed by atoms with Crippen LogP contribution in [0.2, 0.25) is 0 Å². The van der Waals surface area contributed by atoms with Crippen LogP contribution in [0.1, 0.15) is 17.0 Å². The van der Waals surface area contributed by atoms with Gasteiger partial charge in [-0.05, 0) is 18.6 Å². The number of imidazole rings is 1. The monoisotopic (exact) mass is 232 g/mol. The van der Waals surface area contributed by atoms with E-state index in [4.69, 9.17) is 9.84 Å². The second-order valence-corrected chi connectivity index (χ2v) is 4.12. The van der Waals surface area contributed by atoms with Gasteiger partial charge in [0.2, 0.25) is 5.82 Å². The Bertz CT molecular complexity index is 572. The van der Waals surface area contributed by atoms with Gasteiger partial charge in [0, 0.05) is 6.61 Å². The van der Waals surface area contributed by atoms with Crippen LogP contribution in [-0.4, -0.2) is 33.3 Å². The van der Waals surface area contributed by atoms with Crippen molar-refractivity contribution in [3.63, 3.8) is 0 Å². The van der Waals surface area contributed by atoms with E-state index in [2.05, 4.69) is 4.98 Å². The van der Waals surface area contributed by atoms with Crippen LogP contribution in [0.3, 0.4) is 0 Å². The molecule has 1 saturated heterocycles. The number of fused-ring (bicyclic) bond motifs is 1. The first kappa shape index (κ1) is 10.3. The SMILES string of the molecule is O=C(O)c1nc2ccccc2n1CC1CCO1. The molecule has 1 atom stereocenters. The Morgan fingerprint density at radius 1 is 1.53 bits per heavy atom. The van der Waals surface area contributed by atoms with Crippen molar-refractivity contribution in [3.05, 3.63) is 30.1 Å². The summed E-state index contributed by atoms with van der Waals surface area (Å²) >= 11 is 0. The molecule has 0 bridgehead atoms. The number of nitrogens with zero attached hydrogens (tertiary/aromatic N) is 2. The average Bonchev–Trinajstić information content (AvgIpc) is 2.62. The third-order valence-electron chi connectivity index (χ3n) is 3.03. The number of hydrogen-bond acceptors (Lipinski definition) is 3. The molecule has 0 saturated carbocycles. The van der Waals surface area contributed by atoms with E-state index in [1.54, 1.807) is 4.57 Å². The molecule has 3 rings (SSSR count). The number of carboxylic acids is 1. The first-order chi connectivity index (χ1) is 8.25. The lowest BCUT2D eigenvalue weighted by molar-refractivity contribution is -0.0589. The lowest BCUT2D eigenvalue weighted by atomic mass is 10.2. The fraction of sp³-hybridized carbons (Fsp3) is 0.333. The molecule has 88 valence electrons. The van der Waals surface area contributed by atoms with Gasteiger partial charge in [-0.2, -0.15) is 0 Å². The maximum atomic E-state index is 11.2. The predicted octanol–water partition coefficient (Wildman–Crippen LogP) is 1.52. The highest BCUT2D eigenvalue weighted by atomic mass is 16.5. The molecule has 17 heavy (non-hydrogen) atoms. The summed E-state index contributed by atoms with van der Waals surface area (Å²) in [6, 6.07) is 7.44. The van der Waals surface area contributed by atoms with E-state index in [0.29, 0.717) is 12.1 Å². The van der Waals surface area contributed by atoms with Gasteiger partial charge >= 0.3 is 5.97 Å². The third-order valence-corrected chi connectivity index (χ3v) is 3.03. The van der Waals surface area contributed by atoms with E-state index in [1.165, 1.54) is 0 Å². The smallest absolute Gasteiger partial charge is 0.372 e. The Kier molecular flexibility index (Phi) is 2.33. The summed E-state index contributed by atoms with van der Waals surface area (Å²) in [5.74, 6) is -0.915. The fourth-order valence-corrected chi connectivity index (χ4v) is 2.06. The molecule has 1 fully saturated rings. The van der Waals surface area contributed by atoms with Gasteiger partial charge in [-0.3, -0.25) is 0 Å². The molecule has 1 N–H and O–H groups in total. The van der Waals surface area contributed by atoms with Crippen LogP contribution in [0.25, 0.3) is 11.0 Å². The molecule has 5 heteroatoms. The number of carbonyl (C=O) groups is 1. The standard InChI is InChI=1S/C12H12N2O3/c15-12(16)11-13-9-3-1-2-4-10(9)14(11)7-8-5-6-17-8/h1-4,8H,5-7H2,(H,15,16). The highest BCUT2D eigenvalue weighted by molar-refractivity contribution is 5.89. The molecular formula is C12H12N2O3. The first-order valence-electron chi connectivity index (χ1n) is 5.56. The van der Waals surface area contributed by atoms with Crippen LogP contribution in [-0.2, 0) is 11.3 Å². The van der Waals surface area contributed by atoms with E-state index < -0.39 is 5.97 Å². The molecule has 0 amide bonds. The van der Waals surface area contributed by atoms with Crippen molar-refractivity contribution in [1.29, 1.82) is 0 Å². The minimum atomic E-state index is -1.000. The van der Waals surface area contributed by atoms with Crippen molar-refractivity contribution >= 4 is 17.0 Å².